The Bertz CT molecular complexity index is 1340. The number of hydrogen-bond acceptors (Lipinski definition) is 3. The number of fused-ring (bicyclic) bond motifs is 1. The first-order chi connectivity index (χ1) is 16.6. The van der Waals surface area contributed by atoms with Gasteiger partial charge in [0.15, 0.2) is 0 Å². The van der Waals surface area contributed by atoms with Gasteiger partial charge < -0.3 is 20.4 Å². The van der Waals surface area contributed by atoms with E-state index in [9.17, 15) is 9.59 Å². The number of carbonyl (C=O) groups excluding carboxylic acids is 2. The number of para-hydroxylation sites is 2. The molecule has 6 heteroatoms. The van der Waals surface area contributed by atoms with E-state index in [1.165, 1.54) is 12.7 Å². The number of aromatic nitrogens is 1. The van der Waals surface area contributed by atoms with Crippen molar-refractivity contribution in [2.24, 2.45) is 0 Å². The predicted molar refractivity (Wildman–Crippen MR) is 135 cm³/mol. The number of methoxy groups -OCH3 is 1. The Morgan fingerprint density at radius 1 is 0.941 bits per heavy atom. The van der Waals surface area contributed by atoms with E-state index in [1.54, 1.807) is 30.3 Å². The molecule has 1 aromatic heterocycles. The van der Waals surface area contributed by atoms with Crippen molar-refractivity contribution in [1.82, 2.24) is 15.6 Å². The molecular weight excluding hydrogens is 426 g/mol. The smallest absolute Gasteiger partial charge is 0.267 e. The quantitative estimate of drug-likeness (QED) is 0.341. The van der Waals surface area contributed by atoms with E-state index in [-0.39, 0.29) is 11.6 Å². The molecule has 0 bridgehead atoms. The Hall–Kier alpha value is -4.32. The van der Waals surface area contributed by atoms with Gasteiger partial charge in [0.1, 0.15) is 11.4 Å². The Labute approximate surface area is 198 Å². The topological polar surface area (TPSA) is 83.2 Å². The van der Waals surface area contributed by atoms with Gasteiger partial charge in [0.25, 0.3) is 11.8 Å². The summed E-state index contributed by atoms with van der Waals surface area (Å²) in [6, 6.07) is 24.4. The predicted octanol–water partition coefficient (Wildman–Crippen LogP) is 4.61. The van der Waals surface area contributed by atoms with Gasteiger partial charge in [-0.15, -0.1) is 0 Å². The molecule has 0 spiro atoms. The molecule has 172 valence electrons. The van der Waals surface area contributed by atoms with Gasteiger partial charge in [-0.25, -0.2) is 0 Å². The maximum Gasteiger partial charge on any atom is 0.267 e. The maximum absolute atomic E-state index is 13.1. The highest BCUT2D eigenvalue weighted by atomic mass is 16.5. The van der Waals surface area contributed by atoms with Crippen LogP contribution in [0.4, 0.5) is 0 Å². The number of hydrogen-bond donors (Lipinski definition) is 3. The summed E-state index contributed by atoms with van der Waals surface area (Å²) in [5, 5.41) is 6.87. The van der Waals surface area contributed by atoms with E-state index < -0.39 is 5.91 Å². The highest BCUT2D eigenvalue weighted by molar-refractivity contribution is 6.06. The summed E-state index contributed by atoms with van der Waals surface area (Å²) in [4.78, 5) is 29.5. The number of H-pyrrole nitrogens is 1. The van der Waals surface area contributed by atoms with Crippen molar-refractivity contribution < 1.29 is 14.3 Å². The average molecular weight is 454 g/mol. The fourth-order valence-electron chi connectivity index (χ4n) is 3.95. The molecular formula is C28H27N3O3. The largest absolute Gasteiger partial charge is 0.496 e. The van der Waals surface area contributed by atoms with Crippen LogP contribution in [0.2, 0.25) is 0 Å². The number of ether oxygens (including phenoxy) is 1. The van der Waals surface area contributed by atoms with Crippen LogP contribution >= 0.6 is 0 Å². The Balaban J connectivity index is 1.51. The number of aromatic amines is 1. The molecule has 6 nitrogen and oxygen atoms in total. The summed E-state index contributed by atoms with van der Waals surface area (Å²) in [5.41, 5.74) is 4.65. The zero-order chi connectivity index (χ0) is 23.9. The van der Waals surface area contributed by atoms with Crippen LogP contribution in [-0.4, -0.2) is 30.5 Å². The fraction of sp³-hybridized carbons (Fsp3) is 0.143. The molecule has 4 rings (SSSR count). The van der Waals surface area contributed by atoms with Crippen LogP contribution in [-0.2, 0) is 11.2 Å². The Morgan fingerprint density at radius 3 is 2.44 bits per heavy atom. The summed E-state index contributed by atoms with van der Waals surface area (Å²) in [5.74, 6) is -0.332. The van der Waals surface area contributed by atoms with E-state index in [4.69, 9.17) is 4.74 Å². The van der Waals surface area contributed by atoms with Crippen LogP contribution in [0.3, 0.4) is 0 Å². The molecule has 0 aliphatic heterocycles. The van der Waals surface area contributed by atoms with E-state index in [0.717, 1.165) is 22.2 Å². The number of carbonyl (C=O) groups is 2. The zero-order valence-electron chi connectivity index (χ0n) is 19.2. The number of rotatable bonds is 8. The minimum Gasteiger partial charge on any atom is -0.496 e. The number of benzene rings is 3. The highest BCUT2D eigenvalue weighted by Gasteiger charge is 2.17. The van der Waals surface area contributed by atoms with Crippen molar-refractivity contribution in [1.29, 1.82) is 0 Å². The van der Waals surface area contributed by atoms with Crippen molar-refractivity contribution in [2.45, 2.75) is 13.3 Å². The first kappa shape index (κ1) is 22.9. The molecule has 3 N–H and O–H groups in total. The Morgan fingerprint density at radius 2 is 1.65 bits per heavy atom. The highest BCUT2D eigenvalue weighted by Crippen LogP contribution is 2.22. The monoisotopic (exact) mass is 453 g/mol. The van der Waals surface area contributed by atoms with Gasteiger partial charge >= 0.3 is 0 Å². The van der Waals surface area contributed by atoms with Gasteiger partial charge in [0.05, 0.1) is 12.7 Å². The molecule has 4 aromatic rings. The van der Waals surface area contributed by atoms with Crippen LogP contribution in [0.15, 0.2) is 84.6 Å². The molecule has 1 heterocycles. The van der Waals surface area contributed by atoms with Gasteiger partial charge in [-0.05, 0) is 48.7 Å². The zero-order valence-corrected chi connectivity index (χ0v) is 19.2. The third-order valence-electron chi connectivity index (χ3n) is 5.64. The second-order valence-electron chi connectivity index (χ2n) is 7.90. The minimum absolute atomic E-state index is 0.165. The summed E-state index contributed by atoms with van der Waals surface area (Å²) in [7, 11) is 1.51. The normalized spacial score (nSPS) is 11.3. The second kappa shape index (κ2) is 10.5. The fourth-order valence-corrected chi connectivity index (χ4v) is 3.95. The van der Waals surface area contributed by atoms with Gasteiger partial charge in [0.2, 0.25) is 0 Å². The Kier molecular flexibility index (Phi) is 7.08. The van der Waals surface area contributed by atoms with Crippen LogP contribution in [0.1, 0.15) is 27.2 Å². The average Bonchev–Trinajstić information content (AvgIpc) is 3.19. The van der Waals surface area contributed by atoms with Crippen LogP contribution in [0.5, 0.6) is 5.75 Å². The molecule has 0 aliphatic carbocycles. The first-order valence-electron chi connectivity index (χ1n) is 11.1. The molecule has 34 heavy (non-hydrogen) atoms. The molecule has 0 atom stereocenters. The summed E-state index contributed by atoms with van der Waals surface area (Å²) < 4.78 is 5.30. The van der Waals surface area contributed by atoms with Crippen LogP contribution < -0.4 is 15.4 Å². The number of amides is 2. The molecule has 0 radical (unpaired) electrons. The number of aryl methyl sites for hydroxylation is 1. The van der Waals surface area contributed by atoms with Crippen molar-refractivity contribution >= 4 is 28.8 Å². The van der Waals surface area contributed by atoms with Crippen LogP contribution in [0, 0.1) is 6.92 Å². The summed E-state index contributed by atoms with van der Waals surface area (Å²) >= 11 is 0. The first-order valence-corrected chi connectivity index (χ1v) is 11.1. The molecule has 0 aliphatic rings. The second-order valence-corrected chi connectivity index (χ2v) is 7.90. The third-order valence-corrected chi connectivity index (χ3v) is 5.64. The lowest BCUT2D eigenvalue weighted by Gasteiger charge is -2.13. The lowest BCUT2D eigenvalue weighted by Crippen LogP contribution is -2.36. The number of nitrogens with one attached hydrogen (secondary N) is 3. The van der Waals surface area contributed by atoms with Crippen molar-refractivity contribution in [3.8, 4) is 5.75 Å². The lowest BCUT2D eigenvalue weighted by atomic mass is 10.1. The SMILES string of the molecule is COc1ccccc1C(=O)NC(=Cc1ccccc1)C(=O)NCCc1c(C)[nH]c2ccccc12. The van der Waals surface area contributed by atoms with E-state index in [1.807, 2.05) is 55.5 Å². The van der Waals surface area contributed by atoms with E-state index in [0.29, 0.717) is 24.3 Å². The molecule has 0 saturated heterocycles. The van der Waals surface area contributed by atoms with Crippen molar-refractivity contribution in [3.63, 3.8) is 0 Å². The van der Waals surface area contributed by atoms with Crippen molar-refractivity contribution in [3.05, 3.63) is 107 Å². The van der Waals surface area contributed by atoms with Gasteiger partial charge in [-0.1, -0.05) is 60.7 Å². The summed E-state index contributed by atoms with van der Waals surface area (Å²) in [6.45, 7) is 2.46. The van der Waals surface area contributed by atoms with Gasteiger partial charge in [0, 0.05) is 23.1 Å². The lowest BCUT2D eigenvalue weighted by molar-refractivity contribution is -0.117. The van der Waals surface area contributed by atoms with Crippen LogP contribution in [0.25, 0.3) is 17.0 Å². The van der Waals surface area contributed by atoms with Gasteiger partial charge in [-0.3, -0.25) is 9.59 Å². The maximum atomic E-state index is 13.1. The van der Waals surface area contributed by atoms with E-state index >= 15 is 0 Å². The molecule has 0 fully saturated rings. The summed E-state index contributed by atoms with van der Waals surface area (Å²) in [6.07, 6.45) is 2.33. The third kappa shape index (κ3) is 5.18. The minimum atomic E-state index is -0.415. The van der Waals surface area contributed by atoms with Gasteiger partial charge in [-0.2, -0.15) is 0 Å². The van der Waals surface area contributed by atoms with Crippen molar-refractivity contribution in [2.75, 3.05) is 13.7 Å². The van der Waals surface area contributed by atoms with E-state index in [2.05, 4.69) is 21.7 Å². The molecule has 0 saturated carbocycles. The molecule has 3 aromatic carbocycles. The molecule has 2 amide bonds. The molecule has 0 unspecified atom stereocenters. The standard InChI is InChI=1S/C28H27N3O3/c1-19-21(22-12-6-8-14-24(22)30-19)16-17-29-28(33)25(18-20-10-4-3-5-11-20)31-27(32)23-13-7-9-15-26(23)34-2/h3-15,18,30H,16-17H2,1-2H3,(H,29,33)(H,31,32).